The Hall–Kier alpha value is -2.21. The highest BCUT2D eigenvalue weighted by atomic mass is 16.5. The van der Waals surface area contributed by atoms with Crippen molar-refractivity contribution in [3.63, 3.8) is 0 Å². The Labute approximate surface area is 148 Å². The summed E-state index contributed by atoms with van der Waals surface area (Å²) in [7, 11) is 3.76. The van der Waals surface area contributed by atoms with Gasteiger partial charge in [0.05, 0.1) is 13.2 Å². The fourth-order valence-corrected chi connectivity index (χ4v) is 3.25. The average Bonchev–Trinajstić information content (AvgIpc) is 3.05. The van der Waals surface area contributed by atoms with E-state index in [0.717, 1.165) is 37.9 Å². The minimum atomic E-state index is -0.213. The highest BCUT2D eigenvalue weighted by Gasteiger charge is 2.19. The standard InChI is InChI=1S/C19H27N3O3/c1-13(17-11-15-5-4-6-16(24-3)18(15)25-17)21-19(23)20-12-14-7-9-22(2)10-8-14/h4-6,11,13-14H,7-10,12H2,1-3H3,(H2,20,21,23)/t13-/m0/s1. The van der Waals surface area contributed by atoms with Crippen LogP contribution in [-0.4, -0.2) is 44.7 Å². The number of methoxy groups -OCH3 is 1. The minimum Gasteiger partial charge on any atom is -0.493 e. The van der Waals surface area contributed by atoms with Gasteiger partial charge in [-0.2, -0.15) is 0 Å². The maximum Gasteiger partial charge on any atom is 0.315 e. The number of hydrogen-bond donors (Lipinski definition) is 2. The maximum atomic E-state index is 12.2. The van der Waals surface area contributed by atoms with Gasteiger partial charge in [0, 0.05) is 11.9 Å². The number of hydrogen-bond acceptors (Lipinski definition) is 4. The van der Waals surface area contributed by atoms with Crippen LogP contribution in [-0.2, 0) is 0 Å². The Morgan fingerprint density at radius 1 is 1.40 bits per heavy atom. The van der Waals surface area contributed by atoms with E-state index in [1.807, 2.05) is 31.2 Å². The molecule has 2 heterocycles. The lowest BCUT2D eigenvalue weighted by molar-refractivity contribution is 0.208. The van der Waals surface area contributed by atoms with Gasteiger partial charge in [-0.15, -0.1) is 0 Å². The summed E-state index contributed by atoms with van der Waals surface area (Å²) in [5.74, 6) is 1.98. The van der Waals surface area contributed by atoms with E-state index in [2.05, 4.69) is 22.6 Å². The number of furan rings is 1. The van der Waals surface area contributed by atoms with E-state index in [1.165, 1.54) is 0 Å². The van der Waals surface area contributed by atoms with Crippen molar-refractivity contribution in [3.05, 3.63) is 30.0 Å². The largest absolute Gasteiger partial charge is 0.493 e. The Morgan fingerprint density at radius 3 is 2.88 bits per heavy atom. The fraction of sp³-hybridized carbons (Fsp3) is 0.526. The molecule has 0 unspecified atom stereocenters. The van der Waals surface area contributed by atoms with Crippen LogP contribution in [0.15, 0.2) is 28.7 Å². The smallest absolute Gasteiger partial charge is 0.315 e. The molecule has 2 N–H and O–H groups in total. The van der Waals surface area contributed by atoms with E-state index in [4.69, 9.17) is 9.15 Å². The number of fused-ring (bicyclic) bond motifs is 1. The summed E-state index contributed by atoms with van der Waals surface area (Å²) in [5, 5.41) is 6.90. The lowest BCUT2D eigenvalue weighted by Crippen LogP contribution is -2.41. The molecule has 1 fully saturated rings. The first-order chi connectivity index (χ1) is 12.1. The van der Waals surface area contributed by atoms with E-state index < -0.39 is 0 Å². The Kier molecular flexibility index (Phi) is 5.48. The third-order valence-corrected chi connectivity index (χ3v) is 4.91. The van der Waals surface area contributed by atoms with Crippen LogP contribution < -0.4 is 15.4 Å². The molecule has 0 spiro atoms. The van der Waals surface area contributed by atoms with Crippen molar-refractivity contribution in [3.8, 4) is 5.75 Å². The number of ether oxygens (including phenoxy) is 1. The second-order valence-electron chi connectivity index (χ2n) is 6.85. The Bertz CT molecular complexity index is 720. The number of amides is 2. The molecule has 1 aromatic heterocycles. The van der Waals surface area contributed by atoms with Gasteiger partial charge >= 0.3 is 6.03 Å². The number of piperidine rings is 1. The second-order valence-corrected chi connectivity index (χ2v) is 6.85. The Balaban J connectivity index is 1.54. The molecule has 1 atom stereocenters. The molecule has 1 saturated heterocycles. The molecule has 0 bridgehead atoms. The summed E-state index contributed by atoms with van der Waals surface area (Å²) in [5.41, 5.74) is 0.709. The van der Waals surface area contributed by atoms with Gasteiger partial charge in [-0.1, -0.05) is 12.1 Å². The predicted molar refractivity (Wildman–Crippen MR) is 97.9 cm³/mol. The number of carbonyl (C=O) groups excluding carboxylic acids is 1. The number of para-hydroxylation sites is 1. The average molecular weight is 345 g/mol. The molecule has 2 amide bonds. The van der Waals surface area contributed by atoms with Crippen molar-refractivity contribution in [1.29, 1.82) is 0 Å². The van der Waals surface area contributed by atoms with Crippen molar-refractivity contribution in [2.75, 3.05) is 33.8 Å². The van der Waals surface area contributed by atoms with E-state index in [1.54, 1.807) is 7.11 Å². The molecule has 0 saturated carbocycles. The van der Waals surface area contributed by atoms with Crippen LogP contribution in [0.2, 0.25) is 0 Å². The SMILES string of the molecule is COc1cccc2cc([C@H](C)NC(=O)NCC3CCN(C)CC3)oc12. The number of nitrogens with one attached hydrogen (secondary N) is 2. The van der Waals surface area contributed by atoms with Crippen LogP contribution >= 0.6 is 0 Å². The molecular weight excluding hydrogens is 318 g/mol. The van der Waals surface area contributed by atoms with Gasteiger partial charge in [-0.05, 0) is 58.0 Å². The van der Waals surface area contributed by atoms with Crippen molar-refractivity contribution in [2.24, 2.45) is 5.92 Å². The predicted octanol–water partition coefficient (Wildman–Crippen LogP) is 3.14. The van der Waals surface area contributed by atoms with Crippen molar-refractivity contribution in [1.82, 2.24) is 15.5 Å². The molecule has 1 aliphatic heterocycles. The number of benzene rings is 1. The molecule has 6 heteroatoms. The molecule has 0 aliphatic carbocycles. The van der Waals surface area contributed by atoms with E-state index >= 15 is 0 Å². The monoisotopic (exact) mass is 345 g/mol. The molecular formula is C19H27N3O3. The van der Waals surface area contributed by atoms with Crippen LogP contribution in [0.1, 0.15) is 31.6 Å². The summed E-state index contributed by atoms with van der Waals surface area (Å²) in [6, 6.07) is 7.33. The molecule has 136 valence electrons. The van der Waals surface area contributed by atoms with Gasteiger partial charge in [0.15, 0.2) is 11.3 Å². The zero-order valence-electron chi connectivity index (χ0n) is 15.2. The van der Waals surface area contributed by atoms with Gasteiger partial charge in [0.1, 0.15) is 5.76 Å². The van der Waals surface area contributed by atoms with Gasteiger partial charge < -0.3 is 24.7 Å². The first-order valence-corrected chi connectivity index (χ1v) is 8.86. The van der Waals surface area contributed by atoms with Gasteiger partial charge in [-0.3, -0.25) is 0 Å². The van der Waals surface area contributed by atoms with Crippen molar-refractivity contribution >= 4 is 17.0 Å². The van der Waals surface area contributed by atoms with Crippen LogP contribution in [0.4, 0.5) is 4.79 Å². The molecule has 1 aromatic carbocycles. The first-order valence-electron chi connectivity index (χ1n) is 8.86. The molecule has 0 radical (unpaired) electrons. The fourth-order valence-electron chi connectivity index (χ4n) is 3.25. The summed E-state index contributed by atoms with van der Waals surface area (Å²) < 4.78 is 11.2. The summed E-state index contributed by atoms with van der Waals surface area (Å²) in [6.45, 7) is 4.84. The normalized spacial score (nSPS) is 17.4. The number of carbonyl (C=O) groups is 1. The summed E-state index contributed by atoms with van der Waals surface area (Å²) in [4.78, 5) is 14.5. The van der Waals surface area contributed by atoms with E-state index in [0.29, 0.717) is 23.0 Å². The molecule has 1 aliphatic rings. The summed E-state index contributed by atoms with van der Waals surface area (Å²) >= 11 is 0. The third kappa shape index (κ3) is 4.25. The first kappa shape index (κ1) is 17.6. The lowest BCUT2D eigenvalue weighted by Gasteiger charge is -2.29. The maximum absolute atomic E-state index is 12.2. The quantitative estimate of drug-likeness (QED) is 0.874. The summed E-state index contributed by atoms with van der Waals surface area (Å²) in [6.07, 6.45) is 2.27. The number of nitrogens with zero attached hydrogens (tertiary/aromatic N) is 1. The highest BCUT2D eigenvalue weighted by molar-refractivity contribution is 5.84. The zero-order valence-corrected chi connectivity index (χ0v) is 15.2. The van der Waals surface area contributed by atoms with Gasteiger partial charge in [-0.25, -0.2) is 4.79 Å². The van der Waals surface area contributed by atoms with Crippen LogP contribution in [0.3, 0.4) is 0 Å². The number of rotatable bonds is 5. The number of urea groups is 1. The number of likely N-dealkylation sites (tertiary alicyclic amines) is 1. The molecule has 6 nitrogen and oxygen atoms in total. The van der Waals surface area contributed by atoms with Crippen LogP contribution in [0.5, 0.6) is 5.75 Å². The van der Waals surface area contributed by atoms with E-state index in [9.17, 15) is 4.79 Å². The van der Waals surface area contributed by atoms with E-state index in [-0.39, 0.29) is 12.1 Å². The minimum absolute atomic E-state index is 0.154. The molecule has 2 aromatic rings. The topological polar surface area (TPSA) is 66.7 Å². The lowest BCUT2D eigenvalue weighted by atomic mass is 9.97. The van der Waals surface area contributed by atoms with Crippen molar-refractivity contribution in [2.45, 2.75) is 25.8 Å². The van der Waals surface area contributed by atoms with Crippen molar-refractivity contribution < 1.29 is 13.9 Å². The van der Waals surface area contributed by atoms with Crippen LogP contribution in [0.25, 0.3) is 11.0 Å². The third-order valence-electron chi connectivity index (χ3n) is 4.91. The Morgan fingerprint density at radius 2 is 2.16 bits per heavy atom. The van der Waals surface area contributed by atoms with Gasteiger partial charge in [0.2, 0.25) is 0 Å². The molecule has 25 heavy (non-hydrogen) atoms. The van der Waals surface area contributed by atoms with Crippen LogP contribution in [0, 0.1) is 5.92 Å². The van der Waals surface area contributed by atoms with Gasteiger partial charge in [0.25, 0.3) is 0 Å². The second kappa shape index (κ2) is 7.78. The molecule has 3 rings (SSSR count). The highest BCUT2D eigenvalue weighted by Crippen LogP contribution is 2.30. The zero-order chi connectivity index (χ0) is 17.8.